The molecule has 0 unspecified atom stereocenters. The first-order chi connectivity index (χ1) is 7.63. The maximum Gasteiger partial charge on any atom is 0.311 e. The molecule has 0 radical (unpaired) electrons. The smallest absolute Gasteiger partial charge is 0.311 e. The van der Waals surface area contributed by atoms with E-state index in [2.05, 4.69) is 0 Å². The minimum atomic E-state index is -0.501. The van der Waals surface area contributed by atoms with Gasteiger partial charge in [0, 0.05) is 23.9 Å². The molecule has 1 aromatic rings. The molecule has 0 saturated carbocycles. The number of benzene rings is 1. The summed E-state index contributed by atoms with van der Waals surface area (Å²) in [4.78, 5) is 21.3. The van der Waals surface area contributed by atoms with Gasteiger partial charge < -0.3 is 14.6 Å². The fourth-order valence-corrected chi connectivity index (χ4v) is 1.24. The van der Waals surface area contributed by atoms with Crippen LogP contribution in [0.1, 0.15) is 19.3 Å². The Labute approximate surface area is 97.8 Å². The van der Waals surface area contributed by atoms with Gasteiger partial charge in [0.05, 0.1) is 0 Å². The number of carbonyl (C=O) groups excluding carboxylic acids is 2. The average Bonchev–Trinajstić information content (AvgIpc) is 2.24. The van der Waals surface area contributed by atoms with E-state index >= 15 is 0 Å². The molecule has 0 aliphatic heterocycles. The van der Waals surface area contributed by atoms with Gasteiger partial charge in [-0.05, 0) is 18.6 Å². The quantitative estimate of drug-likeness (QED) is 0.373. The van der Waals surface area contributed by atoms with Crippen molar-refractivity contribution in [2.24, 2.45) is 0 Å². The third-order valence-corrected chi connectivity index (χ3v) is 2.08. The van der Waals surface area contributed by atoms with E-state index in [0.29, 0.717) is 17.9 Å². The summed E-state index contributed by atoms with van der Waals surface area (Å²) in [7, 11) is 0. The highest BCUT2D eigenvalue weighted by molar-refractivity contribution is 6.30. The van der Waals surface area contributed by atoms with Crippen LogP contribution < -0.4 is 4.74 Å². The third-order valence-electron chi connectivity index (χ3n) is 1.85. The fourth-order valence-electron chi connectivity index (χ4n) is 1.07. The van der Waals surface area contributed by atoms with E-state index in [-0.39, 0.29) is 17.9 Å². The van der Waals surface area contributed by atoms with Crippen LogP contribution in [0.4, 0.5) is 0 Å². The Bertz CT molecular complexity index is 390. The Balaban J connectivity index is 2.55. The van der Waals surface area contributed by atoms with Crippen LogP contribution in [0.15, 0.2) is 18.2 Å². The van der Waals surface area contributed by atoms with Gasteiger partial charge in [-0.1, -0.05) is 11.6 Å². The summed E-state index contributed by atoms with van der Waals surface area (Å²) in [6, 6.07) is 4.19. The average molecular weight is 243 g/mol. The lowest BCUT2D eigenvalue weighted by Crippen LogP contribution is -2.07. The Hall–Kier alpha value is -1.55. The first kappa shape index (κ1) is 12.5. The molecular weight excluding hydrogens is 232 g/mol. The number of phenolic OH excluding ortho intramolecular Hbond substituents is 1. The van der Waals surface area contributed by atoms with Gasteiger partial charge in [0.1, 0.15) is 6.29 Å². The summed E-state index contributed by atoms with van der Waals surface area (Å²) in [6.45, 7) is 0. The van der Waals surface area contributed by atoms with E-state index < -0.39 is 5.97 Å². The molecule has 0 aliphatic carbocycles. The minimum absolute atomic E-state index is 0.0311. The lowest BCUT2D eigenvalue weighted by atomic mass is 10.2. The Morgan fingerprint density at radius 2 is 2.25 bits per heavy atom. The van der Waals surface area contributed by atoms with E-state index in [9.17, 15) is 14.7 Å². The normalized spacial score (nSPS) is 9.81. The van der Waals surface area contributed by atoms with Crippen molar-refractivity contribution in [3.05, 3.63) is 23.2 Å². The summed E-state index contributed by atoms with van der Waals surface area (Å²) in [5, 5.41) is 9.73. The minimum Gasteiger partial charge on any atom is -0.504 e. The number of ether oxygens (including phenoxy) is 1. The molecule has 0 bridgehead atoms. The number of hydrogen-bond donors (Lipinski definition) is 1. The second-order valence-corrected chi connectivity index (χ2v) is 3.58. The molecule has 1 rings (SSSR count). The van der Waals surface area contributed by atoms with Gasteiger partial charge >= 0.3 is 5.97 Å². The number of rotatable bonds is 5. The van der Waals surface area contributed by atoms with E-state index in [0.717, 1.165) is 6.29 Å². The molecule has 0 saturated heterocycles. The molecular formula is C11H11ClO4. The van der Waals surface area contributed by atoms with E-state index in [1.165, 1.54) is 18.2 Å². The van der Waals surface area contributed by atoms with Gasteiger partial charge in [0.2, 0.25) is 0 Å². The number of hydrogen-bond acceptors (Lipinski definition) is 4. The Morgan fingerprint density at radius 1 is 1.50 bits per heavy atom. The van der Waals surface area contributed by atoms with Gasteiger partial charge in [-0.25, -0.2) is 0 Å². The maximum atomic E-state index is 11.3. The lowest BCUT2D eigenvalue weighted by Gasteiger charge is -2.05. The highest BCUT2D eigenvalue weighted by atomic mass is 35.5. The topological polar surface area (TPSA) is 63.6 Å². The number of unbranched alkanes of at least 4 members (excludes halogenated alkanes) is 1. The SMILES string of the molecule is O=CCCCC(=O)Oc1cc(Cl)ccc1O. The van der Waals surface area contributed by atoms with Crippen LogP contribution in [0.3, 0.4) is 0 Å². The molecule has 16 heavy (non-hydrogen) atoms. The van der Waals surface area contributed by atoms with Crippen LogP contribution in [-0.2, 0) is 9.59 Å². The molecule has 0 amide bonds. The van der Waals surface area contributed by atoms with Gasteiger partial charge in [-0.15, -0.1) is 0 Å². The molecule has 1 N–H and O–H groups in total. The van der Waals surface area contributed by atoms with Gasteiger partial charge in [0.25, 0.3) is 0 Å². The van der Waals surface area contributed by atoms with Crippen LogP contribution in [0.25, 0.3) is 0 Å². The molecule has 0 atom stereocenters. The molecule has 0 aliphatic rings. The zero-order valence-corrected chi connectivity index (χ0v) is 9.24. The van der Waals surface area contributed by atoms with E-state index in [4.69, 9.17) is 16.3 Å². The summed E-state index contributed by atoms with van der Waals surface area (Å²) in [5.74, 6) is -0.615. The summed E-state index contributed by atoms with van der Waals surface area (Å²) in [5.41, 5.74) is 0. The highest BCUT2D eigenvalue weighted by Gasteiger charge is 2.09. The van der Waals surface area contributed by atoms with Crippen molar-refractivity contribution in [3.63, 3.8) is 0 Å². The Kier molecular flexibility index (Phi) is 4.79. The van der Waals surface area contributed by atoms with Crippen LogP contribution in [-0.4, -0.2) is 17.4 Å². The predicted octanol–water partition coefficient (Wildman–Crippen LogP) is 2.32. The third kappa shape index (κ3) is 3.90. The van der Waals surface area contributed by atoms with Crippen molar-refractivity contribution >= 4 is 23.9 Å². The van der Waals surface area contributed by atoms with Crippen molar-refractivity contribution in [1.29, 1.82) is 0 Å². The van der Waals surface area contributed by atoms with Crippen LogP contribution in [0, 0.1) is 0 Å². The molecule has 0 heterocycles. The molecule has 86 valence electrons. The van der Waals surface area contributed by atoms with Gasteiger partial charge in [0.15, 0.2) is 11.5 Å². The number of esters is 1. The number of aldehydes is 1. The number of phenols is 1. The zero-order chi connectivity index (χ0) is 12.0. The molecule has 4 nitrogen and oxygen atoms in total. The zero-order valence-electron chi connectivity index (χ0n) is 8.48. The largest absolute Gasteiger partial charge is 0.504 e. The molecule has 1 aromatic carbocycles. The van der Waals surface area contributed by atoms with Crippen LogP contribution in [0.2, 0.25) is 5.02 Å². The fraction of sp³-hybridized carbons (Fsp3) is 0.273. The second kappa shape index (κ2) is 6.12. The summed E-state index contributed by atoms with van der Waals surface area (Å²) in [6.07, 6.45) is 1.62. The van der Waals surface area contributed by atoms with Crippen molar-refractivity contribution < 1.29 is 19.4 Å². The van der Waals surface area contributed by atoms with E-state index in [1.807, 2.05) is 0 Å². The maximum absolute atomic E-state index is 11.3. The monoisotopic (exact) mass is 242 g/mol. The predicted molar refractivity (Wildman–Crippen MR) is 58.7 cm³/mol. The summed E-state index contributed by atoms with van der Waals surface area (Å²) >= 11 is 5.68. The highest BCUT2D eigenvalue weighted by Crippen LogP contribution is 2.29. The molecule has 5 heteroatoms. The summed E-state index contributed by atoms with van der Waals surface area (Å²) < 4.78 is 4.88. The standard InChI is InChI=1S/C11H11ClO4/c12-8-4-5-9(14)10(7-8)16-11(15)3-1-2-6-13/h4-7,14H,1-3H2. The number of aromatic hydroxyl groups is 1. The van der Waals surface area contributed by atoms with Crippen molar-refractivity contribution in [2.75, 3.05) is 0 Å². The van der Waals surface area contributed by atoms with Crippen molar-refractivity contribution in [2.45, 2.75) is 19.3 Å². The van der Waals surface area contributed by atoms with Gasteiger partial charge in [-0.2, -0.15) is 0 Å². The molecule has 0 spiro atoms. The van der Waals surface area contributed by atoms with Crippen LogP contribution in [0.5, 0.6) is 11.5 Å². The first-order valence-electron chi connectivity index (χ1n) is 4.76. The van der Waals surface area contributed by atoms with Gasteiger partial charge in [-0.3, -0.25) is 4.79 Å². The lowest BCUT2D eigenvalue weighted by molar-refractivity contribution is -0.134. The second-order valence-electron chi connectivity index (χ2n) is 3.15. The Morgan fingerprint density at radius 3 is 2.94 bits per heavy atom. The molecule has 0 aromatic heterocycles. The van der Waals surface area contributed by atoms with Crippen molar-refractivity contribution in [1.82, 2.24) is 0 Å². The number of carbonyl (C=O) groups is 2. The van der Waals surface area contributed by atoms with E-state index in [1.54, 1.807) is 0 Å². The first-order valence-corrected chi connectivity index (χ1v) is 5.14. The molecule has 0 fully saturated rings. The number of halogens is 1. The van der Waals surface area contributed by atoms with Crippen molar-refractivity contribution in [3.8, 4) is 11.5 Å². The van der Waals surface area contributed by atoms with Crippen LogP contribution >= 0.6 is 11.6 Å².